The molecule has 1 atom stereocenters. The van der Waals surface area contributed by atoms with Gasteiger partial charge in [-0.15, -0.1) is 0 Å². The molecule has 5 nitrogen and oxygen atoms in total. The third-order valence-corrected chi connectivity index (χ3v) is 5.78. The second-order valence-corrected chi connectivity index (χ2v) is 7.85. The van der Waals surface area contributed by atoms with Crippen LogP contribution in [0.3, 0.4) is 0 Å². The van der Waals surface area contributed by atoms with E-state index in [0.717, 1.165) is 18.5 Å². The summed E-state index contributed by atoms with van der Waals surface area (Å²) < 4.78 is 27.8. The molecule has 1 heterocycles. The van der Waals surface area contributed by atoms with Gasteiger partial charge in [0.25, 0.3) is 0 Å². The average molecular weight is 366 g/mol. The SMILES string of the molecule is C=C(C=CC)CN1CCC(NS(=O)(=O)c2cc(C#N)ccc2Cl)C1. The van der Waals surface area contributed by atoms with Crippen molar-refractivity contribution in [2.75, 3.05) is 19.6 Å². The van der Waals surface area contributed by atoms with E-state index in [0.29, 0.717) is 13.1 Å². The summed E-state index contributed by atoms with van der Waals surface area (Å²) >= 11 is 6.00. The molecular weight excluding hydrogens is 346 g/mol. The molecule has 0 aromatic heterocycles. The fourth-order valence-electron chi connectivity index (χ4n) is 2.71. The molecule has 1 aromatic carbocycles. The maximum absolute atomic E-state index is 12.6. The summed E-state index contributed by atoms with van der Waals surface area (Å²) in [6.45, 7) is 8.04. The van der Waals surface area contributed by atoms with Crippen molar-refractivity contribution in [1.82, 2.24) is 9.62 Å². The zero-order chi connectivity index (χ0) is 17.7. The molecule has 1 unspecified atom stereocenters. The van der Waals surface area contributed by atoms with Gasteiger partial charge in [0.05, 0.1) is 16.7 Å². The summed E-state index contributed by atoms with van der Waals surface area (Å²) in [7, 11) is -3.77. The first-order valence-corrected chi connectivity index (χ1v) is 9.46. The number of allylic oxidation sites excluding steroid dienone is 1. The van der Waals surface area contributed by atoms with Gasteiger partial charge in [-0.3, -0.25) is 4.90 Å². The molecule has 0 aliphatic carbocycles. The number of rotatable bonds is 6. The van der Waals surface area contributed by atoms with Gasteiger partial charge >= 0.3 is 0 Å². The third-order valence-electron chi connectivity index (χ3n) is 3.77. The van der Waals surface area contributed by atoms with Crippen LogP contribution in [0.5, 0.6) is 0 Å². The summed E-state index contributed by atoms with van der Waals surface area (Å²) in [5.74, 6) is 0. The Morgan fingerprint density at radius 1 is 1.58 bits per heavy atom. The third kappa shape index (κ3) is 4.68. The standard InChI is InChI=1S/C17H20ClN3O2S/c1-3-4-13(2)11-21-8-7-15(12-21)20-24(22,23)17-9-14(10-19)5-6-16(17)18/h3-6,9,15,20H,2,7-8,11-12H2,1H3. The van der Waals surface area contributed by atoms with Crippen molar-refractivity contribution in [1.29, 1.82) is 5.26 Å². The first kappa shape index (κ1) is 18.7. The Morgan fingerprint density at radius 2 is 2.33 bits per heavy atom. The minimum absolute atomic E-state index is 0.0556. The van der Waals surface area contributed by atoms with E-state index >= 15 is 0 Å². The maximum atomic E-state index is 12.6. The van der Waals surface area contributed by atoms with Gasteiger partial charge in [0, 0.05) is 25.7 Å². The van der Waals surface area contributed by atoms with E-state index in [2.05, 4.69) is 16.2 Å². The molecule has 128 valence electrons. The van der Waals surface area contributed by atoms with Crippen molar-refractivity contribution in [2.24, 2.45) is 0 Å². The van der Waals surface area contributed by atoms with Crippen LogP contribution in [-0.4, -0.2) is 39.0 Å². The lowest BCUT2D eigenvalue weighted by molar-refractivity contribution is 0.363. The van der Waals surface area contributed by atoms with Crippen LogP contribution >= 0.6 is 11.6 Å². The van der Waals surface area contributed by atoms with Gasteiger partial charge < -0.3 is 0 Å². The van der Waals surface area contributed by atoms with Crippen molar-refractivity contribution >= 4 is 21.6 Å². The number of nitrogens with zero attached hydrogens (tertiary/aromatic N) is 2. The molecule has 0 spiro atoms. The number of nitriles is 1. The van der Waals surface area contributed by atoms with Crippen molar-refractivity contribution in [2.45, 2.75) is 24.3 Å². The molecule has 2 rings (SSSR count). The largest absolute Gasteiger partial charge is 0.297 e. The van der Waals surface area contributed by atoms with E-state index in [9.17, 15) is 8.42 Å². The fourth-order valence-corrected chi connectivity index (χ4v) is 4.50. The Labute approximate surface area is 148 Å². The van der Waals surface area contributed by atoms with Crippen LogP contribution in [0.25, 0.3) is 0 Å². The summed E-state index contributed by atoms with van der Waals surface area (Å²) in [5.41, 5.74) is 1.25. The molecule has 1 saturated heterocycles. The predicted molar refractivity (Wildman–Crippen MR) is 95.3 cm³/mol. The fraction of sp³-hybridized carbons (Fsp3) is 0.353. The van der Waals surface area contributed by atoms with Gasteiger partial charge in [-0.2, -0.15) is 5.26 Å². The highest BCUT2D eigenvalue weighted by atomic mass is 35.5. The quantitative estimate of drug-likeness (QED) is 0.786. The Kier molecular flexibility index (Phi) is 6.19. The predicted octanol–water partition coefficient (Wildman–Crippen LogP) is 2.70. The van der Waals surface area contributed by atoms with Crippen LogP contribution in [0, 0.1) is 11.3 Å². The minimum atomic E-state index is -3.77. The van der Waals surface area contributed by atoms with Gasteiger partial charge in [-0.25, -0.2) is 13.1 Å². The zero-order valence-corrected chi connectivity index (χ0v) is 15.1. The van der Waals surface area contributed by atoms with Gasteiger partial charge in [-0.05, 0) is 37.1 Å². The molecule has 1 aromatic rings. The number of nitrogens with one attached hydrogen (secondary N) is 1. The zero-order valence-electron chi connectivity index (χ0n) is 13.5. The number of hydrogen-bond donors (Lipinski definition) is 1. The highest BCUT2D eigenvalue weighted by Gasteiger charge is 2.28. The number of likely N-dealkylation sites (tertiary alicyclic amines) is 1. The number of halogens is 1. The topological polar surface area (TPSA) is 73.2 Å². The Hall–Kier alpha value is -1.65. The van der Waals surface area contributed by atoms with Gasteiger partial charge in [0.1, 0.15) is 4.90 Å². The van der Waals surface area contributed by atoms with Crippen molar-refractivity contribution in [3.05, 3.63) is 53.1 Å². The summed E-state index contributed by atoms with van der Waals surface area (Å²) in [5, 5.41) is 9.05. The van der Waals surface area contributed by atoms with Crippen molar-refractivity contribution in [3.63, 3.8) is 0 Å². The van der Waals surface area contributed by atoms with Crippen molar-refractivity contribution < 1.29 is 8.42 Å². The van der Waals surface area contributed by atoms with Crippen LogP contribution in [-0.2, 0) is 10.0 Å². The number of hydrogen-bond acceptors (Lipinski definition) is 4. The first-order chi connectivity index (χ1) is 11.4. The van der Waals surface area contributed by atoms with Gasteiger partial charge in [-0.1, -0.05) is 30.3 Å². The van der Waals surface area contributed by atoms with E-state index in [1.165, 1.54) is 18.2 Å². The maximum Gasteiger partial charge on any atom is 0.242 e. The smallest absolute Gasteiger partial charge is 0.242 e. The molecule has 1 fully saturated rings. The Balaban J connectivity index is 2.06. The molecule has 0 bridgehead atoms. The van der Waals surface area contributed by atoms with Gasteiger partial charge in [0.2, 0.25) is 10.0 Å². The number of sulfonamides is 1. The van der Waals surface area contributed by atoms with Gasteiger partial charge in [0.15, 0.2) is 0 Å². The monoisotopic (exact) mass is 365 g/mol. The van der Waals surface area contributed by atoms with Crippen LogP contribution in [0.1, 0.15) is 18.9 Å². The van der Waals surface area contributed by atoms with Crippen LogP contribution in [0.4, 0.5) is 0 Å². The molecule has 0 radical (unpaired) electrons. The first-order valence-electron chi connectivity index (χ1n) is 7.60. The molecule has 24 heavy (non-hydrogen) atoms. The van der Waals surface area contributed by atoms with Crippen LogP contribution in [0.15, 0.2) is 47.4 Å². The lowest BCUT2D eigenvalue weighted by Crippen LogP contribution is -2.37. The minimum Gasteiger partial charge on any atom is -0.297 e. The average Bonchev–Trinajstić information content (AvgIpc) is 2.94. The summed E-state index contributed by atoms with van der Waals surface area (Å²) in [6, 6.07) is 5.96. The lowest BCUT2D eigenvalue weighted by Gasteiger charge is -2.17. The van der Waals surface area contributed by atoms with Crippen molar-refractivity contribution in [3.8, 4) is 6.07 Å². The second-order valence-electron chi connectivity index (χ2n) is 5.76. The van der Waals surface area contributed by atoms with E-state index in [-0.39, 0.29) is 21.5 Å². The second kappa shape index (κ2) is 7.95. The lowest BCUT2D eigenvalue weighted by atomic mass is 10.2. The van der Waals surface area contributed by atoms with E-state index in [4.69, 9.17) is 16.9 Å². The highest BCUT2D eigenvalue weighted by molar-refractivity contribution is 7.89. The Bertz CT molecular complexity index is 797. The Morgan fingerprint density at radius 3 is 3.00 bits per heavy atom. The molecule has 0 amide bonds. The number of benzene rings is 1. The van der Waals surface area contributed by atoms with Crippen LogP contribution in [0.2, 0.25) is 5.02 Å². The molecule has 1 N–H and O–H groups in total. The molecular formula is C17H20ClN3O2S. The van der Waals surface area contributed by atoms with E-state index in [1.54, 1.807) is 0 Å². The van der Waals surface area contributed by atoms with Crippen LogP contribution < -0.4 is 4.72 Å². The molecule has 1 aliphatic heterocycles. The van der Waals surface area contributed by atoms with E-state index < -0.39 is 10.0 Å². The molecule has 7 heteroatoms. The molecule has 1 aliphatic rings. The highest BCUT2D eigenvalue weighted by Crippen LogP contribution is 2.23. The normalized spacial score (nSPS) is 18.8. The summed E-state index contributed by atoms with van der Waals surface area (Å²) in [6.07, 6.45) is 4.60. The van der Waals surface area contributed by atoms with E-state index in [1.807, 2.05) is 25.1 Å². The summed E-state index contributed by atoms with van der Waals surface area (Å²) in [4.78, 5) is 2.10. The molecule has 0 saturated carbocycles.